The van der Waals surface area contributed by atoms with E-state index in [0.29, 0.717) is 0 Å². The van der Waals surface area contributed by atoms with Gasteiger partial charge in [-0.1, -0.05) is 0 Å². The Kier molecular flexibility index (Phi) is 3.71. The van der Waals surface area contributed by atoms with Crippen molar-refractivity contribution in [3.8, 4) is 0 Å². The van der Waals surface area contributed by atoms with Gasteiger partial charge in [0.1, 0.15) is 0 Å². The number of carboxylic acid groups (broad SMARTS) is 2. The van der Waals surface area contributed by atoms with Gasteiger partial charge in [0, 0.05) is 18.3 Å². The third-order valence-corrected chi connectivity index (χ3v) is 5.15. The van der Waals surface area contributed by atoms with Gasteiger partial charge in [0.25, 0.3) is 0 Å². The zero-order chi connectivity index (χ0) is 16.1. The smallest absolute Gasteiger partial charge is 0.310 e. The fourth-order valence-electron chi connectivity index (χ4n) is 4.27. The molecule has 8 nitrogen and oxygen atoms in total. The van der Waals surface area contributed by atoms with Crippen LogP contribution >= 0.6 is 0 Å². The zero-order valence-electron chi connectivity index (χ0n) is 11.6. The van der Waals surface area contributed by atoms with Crippen LogP contribution in [0.4, 0.5) is 0 Å². The standard InChI is InChI=1S/C13H18O8/c1-13(12(19)20)7-4(3-5(14)21-2)6(8(13)11(17)18)9(15)10(7)16/h4,6-10,15-16H,3H2,1-2H3,(H,17,18)(H,19,20)/t4-,6-,7+,8-,9+,10-,13+/m1/s1. The van der Waals surface area contributed by atoms with Crippen LogP contribution in [-0.4, -0.2) is 57.7 Å². The summed E-state index contributed by atoms with van der Waals surface area (Å²) in [5.74, 6) is -7.47. The Balaban J connectivity index is 2.49. The van der Waals surface area contributed by atoms with Gasteiger partial charge in [0.05, 0.1) is 30.7 Å². The number of hydrogen-bond donors (Lipinski definition) is 4. The second-order valence-electron chi connectivity index (χ2n) is 5.93. The molecule has 0 aromatic rings. The van der Waals surface area contributed by atoms with Gasteiger partial charge in [0.2, 0.25) is 0 Å². The lowest BCUT2D eigenvalue weighted by Gasteiger charge is -2.39. The predicted molar refractivity (Wildman–Crippen MR) is 66.0 cm³/mol. The Morgan fingerprint density at radius 3 is 2.14 bits per heavy atom. The molecule has 0 unspecified atom stereocenters. The van der Waals surface area contributed by atoms with Crippen LogP contribution in [0.3, 0.4) is 0 Å². The Bertz CT molecular complexity index is 489. The van der Waals surface area contributed by atoms with Crippen LogP contribution in [0.5, 0.6) is 0 Å². The highest BCUT2D eigenvalue weighted by Crippen LogP contribution is 2.63. The molecule has 2 bridgehead atoms. The van der Waals surface area contributed by atoms with Gasteiger partial charge in [-0.25, -0.2) is 0 Å². The summed E-state index contributed by atoms with van der Waals surface area (Å²) in [5, 5.41) is 38.9. The minimum atomic E-state index is -1.74. The highest BCUT2D eigenvalue weighted by Gasteiger charge is 2.73. The Hall–Kier alpha value is -1.67. The maximum absolute atomic E-state index is 11.6. The van der Waals surface area contributed by atoms with Crippen molar-refractivity contribution in [2.45, 2.75) is 25.6 Å². The van der Waals surface area contributed by atoms with E-state index in [1.165, 1.54) is 6.92 Å². The third-order valence-electron chi connectivity index (χ3n) is 5.15. The Morgan fingerprint density at radius 2 is 1.71 bits per heavy atom. The van der Waals surface area contributed by atoms with Crippen LogP contribution in [0.25, 0.3) is 0 Å². The number of esters is 1. The molecule has 21 heavy (non-hydrogen) atoms. The first-order valence-electron chi connectivity index (χ1n) is 6.57. The second-order valence-corrected chi connectivity index (χ2v) is 5.93. The SMILES string of the molecule is COC(=O)C[C@@H]1[C@H]2[C@H](O)[C@H](O)[C@H]1[C@](C)(C(=O)O)[C@H]2C(=O)O. The number of rotatable bonds is 4. The maximum atomic E-state index is 11.6. The molecule has 0 aromatic carbocycles. The van der Waals surface area contributed by atoms with Crippen LogP contribution in [0.15, 0.2) is 0 Å². The molecule has 2 aliphatic rings. The molecule has 2 saturated carbocycles. The molecule has 0 aliphatic heterocycles. The van der Waals surface area contributed by atoms with E-state index in [2.05, 4.69) is 4.74 Å². The van der Waals surface area contributed by atoms with Crippen LogP contribution < -0.4 is 0 Å². The molecule has 7 atom stereocenters. The number of carboxylic acids is 2. The number of methoxy groups -OCH3 is 1. The van der Waals surface area contributed by atoms with Gasteiger partial charge in [-0.2, -0.15) is 0 Å². The number of ether oxygens (including phenoxy) is 1. The van der Waals surface area contributed by atoms with E-state index in [-0.39, 0.29) is 6.42 Å². The highest BCUT2D eigenvalue weighted by molar-refractivity contribution is 5.86. The Morgan fingerprint density at radius 1 is 1.14 bits per heavy atom. The summed E-state index contributed by atoms with van der Waals surface area (Å²) in [4.78, 5) is 34.6. The van der Waals surface area contributed by atoms with Gasteiger partial charge in [-0.3, -0.25) is 14.4 Å². The fourth-order valence-corrected chi connectivity index (χ4v) is 4.27. The van der Waals surface area contributed by atoms with Crippen molar-refractivity contribution in [3.05, 3.63) is 0 Å². The van der Waals surface area contributed by atoms with E-state index >= 15 is 0 Å². The highest BCUT2D eigenvalue weighted by atomic mass is 16.5. The molecule has 8 heteroatoms. The lowest BCUT2D eigenvalue weighted by Crippen LogP contribution is -2.54. The summed E-state index contributed by atoms with van der Waals surface area (Å²) in [6.07, 6.45) is -2.97. The van der Waals surface area contributed by atoms with Crippen molar-refractivity contribution >= 4 is 17.9 Å². The predicted octanol–water partition coefficient (Wildman–Crippen LogP) is -1.06. The van der Waals surface area contributed by atoms with Gasteiger partial charge in [0.15, 0.2) is 0 Å². The molecule has 0 radical (unpaired) electrons. The number of fused-ring (bicyclic) bond motifs is 2. The van der Waals surface area contributed by atoms with Crippen molar-refractivity contribution in [1.82, 2.24) is 0 Å². The van der Waals surface area contributed by atoms with Gasteiger partial charge >= 0.3 is 17.9 Å². The van der Waals surface area contributed by atoms with Crippen LogP contribution in [0, 0.1) is 29.1 Å². The van der Waals surface area contributed by atoms with Gasteiger partial charge in [-0.05, 0) is 12.8 Å². The number of carbonyl (C=O) groups excluding carboxylic acids is 1. The number of aliphatic hydroxyl groups is 2. The fraction of sp³-hybridized carbons (Fsp3) is 0.769. The molecule has 0 saturated heterocycles. The minimum Gasteiger partial charge on any atom is -0.481 e. The molecule has 2 rings (SSSR count). The quantitative estimate of drug-likeness (QED) is 0.481. The van der Waals surface area contributed by atoms with Crippen LogP contribution in [0.2, 0.25) is 0 Å². The minimum absolute atomic E-state index is 0.230. The molecule has 2 fully saturated rings. The molecule has 118 valence electrons. The lowest BCUT2D eigenvalue weighted by molar-refractivity contribution is -0.176. The monoisotopic (exact) mass is 302 g/mol. The van der Waals surface area contributed by atoms with Crippen LogP contribution in [-0.2, 0) is 19.1 Å². The van der Waals surface area contributed by atoms with E-state index < -0.39 is 59.2 Å². The van der Waals surface area contributed by atoms with E-state index in [1.807, 2.05) is 0 Å². The zero-order valence-corrected chi connectivity index (χ0v) is 11.6. The maximum Gasteiger partial charge on any atom is 0.310 e. The van der Waals surface area contributed by atoms with Crippen molar-refractivity contribution in [2.75, 3.05) is 7.11 Å². The third kappa shape index (κ3) is 1.93. The summed E-state index contributed by atoms with van der Waals surface area (Å²) in [5.41, 5.74) is -1.74. The Labute approximate surface area is 120 Å². The summed E-state index contributed by atoms with van der Waals surface area (Å²) in [6, 6.07) is 0. The van der Waals surface area contributed by atoms with Crippen molar-refractivity contribution < 1.29 is 39.5 Å². The first-order chi connectivity index (χ1) is 9.67. The molecule has 0 spiro atoms. The summed E-state index contributed by atoms with van der Waals surface area (Å²) >= 11 is 0. The summed E-state index contributed by atoms with van der Waals surface area (Å²) < 4.78 is 4.53. The molecule has 0 amide bonds. The largest absolute Gasteiger partial charge is 0.481 e. The average molecular weight is 302 g/mol. The van der Waals surface area contributed by atoms with E-state index in [9.17, 15) is 34.8 Å². The van der Waals surface area contributed by atoms with Crippen molar-refractivity contribution in [3.63, 3.8) is 0 Å². The first-order valence-corrected chi connectivity index (χ1v) is 6.57. The number of aliphatic hydroxyl groups excluding tert-OH is 2. The normalized spacial score (nSPS) is 44.6. The van der Waals surface area contributed by atoms with Gasteiger partial charge in [-0.15, -0.1) is 0 Å². The summed E-state index contributed by atoms with van der Waals surface area (Å²) in [6.45, 7) is 1.25. The lowest BCUT2D eigenvalue weighted by atomic mass is 9.65. The van der Waals surface area contributed by atoms with Gasteiger partial charge < -0.3 is 25.2 Å². The summed E-state index contributed by atoms with van der Waals surface area (Å²) in [7, 11) is 1.16. The van der Waals surface area contributed by atoms with Crippen molar-refractivity contribution in [2.24, 2.45) is 29.1 Å². The first kappa shape index (κ1) is 15.7. The van der Waals surface area contributed by atoms with E-state index in [4.69, 9.17) is 0 Å². The van der Waals surface area contributed by atoms with E-state index in [0.717, 1.165) is 7.11 Å². The second kappa shape index (κ2) is 4.96. The molecular formula is C13H18O8. The molecular weight excluding hydrogens is 284 g/mol. The average Bonchev–Trinajstić information content (AvgIpc) is 2.78. The molecule has 2 aliphatic carbocycles. The number of carbonyl (C=O) groups is 3. The van der Waals surface area contributed by atoms with Crippen molar-refractivity contribution in [1.29, 1.82) is 0 Å². The number of aliphatic carboxylic acids is 2. The molecule has 0 aromatic heterocycles. The number of hydrogen-bond acceptors (Lipinski definition) is 6. The molecule has 0 heterocycles. The topological polar surface area (TPSA) is 141 Å². The van der Waals surface area contributed by atoms with Crippen LogP contribution in [0.1, 0.15) is 13.3 Å². The molecule has 4 N–H and O–H groups in total. The van der Waals surface area contributed by atoms with E-state index in [1.54, 1.807) is 0 Å².